The number of aromatic nitrogens is 3. The van der Waals surface area contributed by atoms with Gasteiger partial charge >= 0.3 is 0 Å². The van der Waals surface area contributed by atoms with E-state index < -0.39 is 0 Å². The molecule has 0 saturated carbocycles. The van der Waals surface area contributed by atoms with Gasteiger partial charge in [-0.25, -0.2) is 0 Å². The Labute approximate surface area is 141 Å². The Kier molecular flexibility index (Phi) is 4.07. The van der Waals surface area contributed by atoms with Gasteiger partial charge in [0, 0.05) is 36.0 Å². The van der Waals surface area contributed by atoms with Crippen molar-refractivity contribution in [2.24, 2.45) is 0 Å². The zero-order valence-corrected chi connectivity index (χ0v) is 13.7. The molecule has 1 amide bonds. The zero-order valence-electron chi connectivity index (χ0n) is 13.7. The molecule has 124 valence electrons. The number of nitrogens with one attached hydrogen (secondary N) is 1. The van der Waals surface area contributed by atoms with E-state index in [1.54, 1.807) is 6.20 Å². The van der Waals surface area contributed by atoms with Crippen molar-refractivity contribution in [3.63, 3.8) is 0 Å². The highest BCUT2D eigenvalue weighted by Crippen LogP contribution is 2.22. The number of benzene rings is 1. The van der Waals surface area contributed by atoms with Crippen LogP contribution in [0, 0.1) is 0 Å². The van der Waals surface area contributed by atoms with Gasteiger partial charge in [0.1, 0.15) is 0 Å². The standard InChI is InChI=1S/C19H22N4O/c24-19(12-15-13-20-18-8-2-1-7-17(15)18)23-11-4-3-6-16(23)14-22-10-5-9-21-22/h1-2,5,7-10,13,16,20H,3-4,6,11-12,14H2/t16-/m1/s1. The first-order chi connectivity index (χ1) is 11.8. The number of nitrogens with zero attached hydrogens (tertiary/aromatic N) is 3. The van der Waals surface area contributed by atoms with Crippen LogP contribution in [0.3, 0.4) is 0 Å². The van der Waals surface area contributed by atoms with Crippen LogP contribution in [0.25, 0.3) is 10.9 Å². The molecule has 5 nitrogen and oxygen atoms in total. The topological polar surface area (TPSA) is 53.9 Å². The summed E-state index contributed by atoms with van der Waals surface area (Å²) in [4.78, 5) is 18.3. The number of hydrogen-bond donors (Lipinski definition) is 1. The second-order valence-electron chi connectivity index (χ2n) is 6.50. The minimum atomic E-state index is 0.219. The number of fused-ring (bicyclic) bond motifs is 1. The maximum Gasteiger partial charge on any atom is 0.227 e. The molecule has 1 aliphatic rings. The first kappa shape index (κ1) is 15.0. The molecule has 0 radical (unpaired) electrons. The van der Waals surface area contributed by atoms with Crippen LogP contribution < -0.4 is 0 Å². The van der Waals surface area contributed by atoms with Gasteiger partial charge in [-0.2, -0.15) is 5.10 Å². The van der Waals surface area contributed by atoms with Crippen molar-refractivity contribution in [3.05, 3.63) is 54.5 Å². The number of carbonyl (C=O) groups excluding carboxylic acids is 1. The maximum atomic E-state index is 12.9. The number of hydrogen-bond acceptors (Lipinski definition) is 2. The van der Waals surface area contributed by atoms with Crippen LogP contribution in [0.15, 0.2) is 48.9 Å². The molecule has 24 heavy (non-hydrogen) atoms. The van der Waals surface area contributed by atoms with Crippen LogP contribution in [0.2, 0.25) is 0 Å². The Bertz CT molecular complexity index is 821. The molecular formula is C19H22N4O. The van der Waals surface area contributed by atoms with Crippen LogP contribution in [0.5, 0.6) is 0 Å². The van der Waals surface area contributed by atoms with Gasteiger partial charge in [0.25, 0.3) is 0 Å². The highest BCUT2D eigenvalue weighted by molar-refractivity contribution is 5.89. The highest BCUT2D eigenvalue weighted by Gasteiger charge is 2.27. The zero-order chi connectivity index (χ0) is 16.4. The average molecular weight is 322 g/mol. The van der Waals surface area contributed by atoms with Gasteiger partial charge in [-0.1, -0.05) is 18.2 Å². The van der Waals surface area contributed by atoms with E-state index in [0.717, 1.165) is 42.4 Å². The lowest BCUT2D eigenvalue weighted by atomic mass is 10.0. The molecule has 0 unspecified atom stereocenters. The third kappa shape index (κ3) is 2.94. The van der Waals surface area contributed by atoms with E-state index >= 15 is 0 Å². The van der Waals surface area contributed by atoms with Crippen LogP contribution in [0.1, 0.15) is 24.8 Å². The lowest BCUT2D eigenvalue weighted by Crippen LogP contribution is -2.46. The normalized spacial score (nSPS) is 18.2. The molecule has 0 bridgehead atoms. The summed E-state index contributed by atoms with van der Waals surface area (Å²) in [6, 6.07) is 10.3. The molecule has 3 heterocycles. The van der Waals surface area contributed by atoms with E-state index in [1.165, 1.54) is 6.42 Å². The number of aromatic amines is 1. The molecule has 2 aromatic heterocycles. The third-order valence-electron chi connectivity index (χ3n) is 4.92. The summed E-state index contributed by atoms with van der Waals surface area (Å²) in [5, 5.41) is 5.44. The van der Waals surface area contributed by atoms with Crippen LogP contribution in [-0.2, 0) is 17.8 Å². The number of para-hydroxylation sites is 1. The molecule has 4 rings (SSSR count). The largest absolute Gasteiger partial charge is 0.361 e. The van der Waals surface area contributed by atoms with Crippen molar-refractivity contribution in [2.75, 3.05) is 6.54 Å². The lowest BCUT2D eigenvalue weighted by Gasteiger charge is -2.35. The molecule has 5 heteroatoms. The van der Waals surface area contributed by atoms with Crippen LogP contribution in [-0.4, -0.2) is 38.2 Å². The number of H-pyrrole nitrogens is 1. The van der Waals surface area contributed by atoms with Gasteiger partial charge in [-0.15, -0.1) is 0 Å². The quantitative estimate of drug-likeness (QED) is 0.803. The van der Waals surface area contributed by atoms with Gasteiger partial charge in [-0.3, -0.25) is 9.48 Å². The highest BCUT2D eigenvalue weighted by atomic mass is 16.2. The fraction of sp³-hybridized carbons (Fsp3) is 0.368. The first-order valence-electron chi connectivity index (χ1n) is 8.63. The van der Waals surface area contributed by atoms with Gasteiger partial charge in [-0.05, 0) is 37.0 Å². The Morgan fingerprint density at radius 2 is 2.17 bits per heavy atom. The molecular weight excluding hydrogens is 300 g/mol. The molecule has 1 saturated heterocycles. The second-order valence-corrected chi connectivity index (χ2v) is 6.50. The molecule has 0 aliphatic carbocycles. The van der Waals surface area contributed by atoms with E-state index in [2.05, 4.69) is 21.0 Å². The van der Waals surface area contributed by atoms with Crippen LogP contribution >= 0.6 is 0 Å². The summed E-state index contributed by atoms with van der Waals surface area (Å²) in [6.07, 6.45) is 9.52. The van der Waals surface area contributed by atoms with Crippen molar-refractivity contribution in [3.8, 4) is 0 Å². The number of amides is 1. The van der Waals surface area contributed by atoms with Crippen molar-refractivity contribution in [2.45, 2.75) is 38.3 Å². The summed E-state index contributed by atoms with van der Waals surface area (Å²) in [6.45, 7) is 1.64. The van der Waals surface area contributed by atoms with Gasteiger partial charge in [0.05, 0.1) is 19.0 Å². The summed E-state index contributed by atoms with van der Waals surface area (Å²) in [5.74, 6) is 0.219. The number of likely N-dealkylation sites (tertiary alicyclic amines) is 1. The molecule has 0 spiro atoms. The molecule has 1 aliphatic heterocycles. The summed E-state index contributed by atoms with van der Waals surface area (Å²) >= 11 is 0. The molecule has 1 aromatic carbocycles. The second kappa shape index (κ2) is 6.51. The predicted octanol–water partition coefficient (Wildman–Crippen LogP) is 2.99. The number of rotatable bonds is 4. The fourth-order valence-corrected chi connectivity index (χ4v) is 3.69. The Balaban J connectivity index is 1.51. The smallest absolute Gasteiger partial charge is 0.227 e. The summed E-state index contributed by atoms with van der Waals surface area (Å²) in [7, 11) is 0. The first-order valence-corrected chi connectivity index (χ1v) is 8.63. The third-order valence-corrected chi connectivity index (χ3v) is 4.92. The predicted molar refractivity (Wildman–Crippen MR) is 93.6 cm³/mol. The van der Waals surface area contributed by atoms with Gasteiger partial charge in [0.2, 0.25) is 5.91 Å². The minimum absolute atomic E-state index is 0.219. The van der Waals surface area contributed by atoms with Crippen molar-refractivity contribution < 1.29 is 4.79 Å². The SMILES string of the molecule is O=C(Cc1c[nH]c2ccccc12)N1CCCC[C@@H]1Cn1cccn1. The van der Waals surface area contributed by atoms with Crippen molar-refractivity contribution >= 4 is 16.8 Å². The van der Waals surface area contributed by atoms with E-state index in [0.29, 0.717) is 6.42 Å². The maximum absolute atomic E-state index is 12.9. The van der Waals surface area contributed by atoms with E-state index in [1.807, 2.05) is 41.3 Å². The molecule has 1 atom stereocenters. The molecule has 1 N–H and O–H groups in total. The van der Waals surface area contributed by atoms with E-state index in [-0.39, 0.29) is 11.9 Å². The van der Waals surface area contributed by atoms with Crippen molar-refractivity contribution in [1.82, 2.24) is 19.7 Å². The minimum Gasteiger partial charge on any atom is -0.361 e. The number of piperidine rings is 1. The van der Waals surface area contributed by atoms with Crippen LogP contribution in [0.4, 0.5) is 0 Å². The van der Waals surface area contributed by atoms with Gasteiger partial charge < -0.3 is 9.88 Å². The van der Waals surface area contributed by atoms with E-state index in [4.69, 9.17) is 0 Å². The fourth-order valence-electron chi connectivity index (χ4n) is 3.69. The van der Waals surface area contributed by atoms with Crippen molar-refractivity contribution in [1.29, 1.82) is 0 Å². The Morgan fingerprint density at radius 1 is 1.25 bits per heavy atom. The van der Waals surface area contributed by atoms with Gasteiger partial charge in [0.15, 0.2) is 0 Å². The Morgan fingerprint density at radius 3 is 3.04 bits per heavy atom. The average Bonchev–Trinajstić information content (AvgIpc) is 3.26. The Hall–Kier alpha value is -2.56. The van der Waals surface area contributed by atoms with E-state index in [9.17, 15) is 4.79 Å². The molecule has 1 fully saturated rings. The number of carbonyl (C=O) groups is 1. The molecule has 3 aromatic rings. The summed E-state index contributed by atoms with van der Waals surface area (Å²) < 4.78 is 1.93. The lowest BCUT2D eigenvalue weighted by molar-refractivity contribution is -0.134. The summed E-state index contributed by atoms with van der Waals surface area (Å²) in [5.41, 5.74) is 2.17. The monoisotopic (exact) mass is 322 g/mol.